The lowest BCUT2D eigenvalue weighted by molar-refractivity contribution is -0.162. The van der Waals surface area contributed by atoms with Crippen LogP contribution in [0.2, 0.25) is 0 Å². The Morgan fingerprint density at radius 3 is 2.62 bits per heavy atom. The second kappa shape index (κ2) is 10.1. The van der Waals surface area contributed by atoms with E-state index in [2.05, 4.69) is 35.1 Å². The van der Waals surface area contributed by atoms with E-state index in [1.807, 2.05) is 43.3 Å². The predicted molar refractivity (Wildman–Crippen MR) is 132 cm³/mol. The van der Waals surface area contributed by atoms with Crippen LogP contribution < -0.4 is 5.32 Å². The van der Waals surface area contributed by atoms with Gasteiger partial charge < -0.3 is 15.2 Å². The zero-order valence-electron chi connectivity index (χ0n) is 20.1. The summed E-state index contributed by atoms with van der Waals surface area (Å²) in [5.41, 5.74) is 5.24. The van der Waals surface area contributed by atoms with E-state index in [4.69, 9.17) is 0 Å². The molecule has 4 heterocycles. The van der Waals surface area contributed by atoms with Gasteiger partial charge >= 0.3 is 6.18 Å². The Kier molecular flexibility index (Phi) is 6.74. The lowest BCUT2D eigenvalue weighted by atomic mass is 10.1. The second-order valence-corrected chi connectivity index (χ2v) is 8.99. The Labute approximate surface area is 210 Å². The van der Waals surface area contributed by atoms with Gasteiger partial charge in [0, 0.05) is 50.2 Å². The number of piperazine rings is 1. The third-order valence-corrected chi connectivity index (χ3v) is 6.10. The second-order valence-electron chi connectivity index (χ2n) is 8.99. The molecule has 2 N–H and O–H groups in total. The van der Waals surface area contributed by atoms with Crippen molar-refractivity contribution >= 4 is 28.7 Å². The van der Waals surface area contributed by atoms with E-state index < -0.39 is 18.5 Å². The van der Waals surface area contributed by atoms with Crippen LogP contribution in [0.5, 0.6) is 0 Å². The van der Waals surface area contributed by atoms with Crippen molar-refractivity contribution in [2.45, 2.75) is 26.1 Å². The molecule has 1 aliphatic heterocycles. The first-order valence-electron chi connectivity index (χ1n) is 11.8. The number of aromatic amines is 1. The molecule has 192 valence electrons. The molecular formula is C25H25F3N8O. The molecule has 1 aliphatic rings. The van der Waals surface area contributed by atoms with Crippen LogP contribution in [-0.2, 0) is 11.3 Å². The van der Waals surface area contributed by atoms with Crippen LogP contribution in [0, 0.1) is 6.92 Å². The maximum absolute atomic E-state index is 12.5. The number of alkyl halides is 3. The number of aryl methyl sites for hydroxylation is 1. The molecular weight excluding hydrogens is 485 g/mol. The average molecular weight is 511 g/mol. The minimum atomic E-state index is -4.48. The minimum absolute atomic E-state index is 0.278. The van der Waals surface area contributed by atoms with Crippen molar-refractivity contribution in [1.29, 1.82) is 0 Å². The molecule has 0 spiro atoms. The summed E-state index contributed by atoms with van der Waals surface area (Å²) in [6, 6.07) is 11.6. The van der Waals surface area contributed by atoms with E-state index >= 15 is 0 Å². The van der Waals surface area contributed by atoms with Crippen molar-refractivity contribution in [3.63, 3.8) is 0 Å². The zero-order valence-corrected chi connectivity index (χ0v) is 20.1. The van der Waals surface area contributed by atoms with E-state index in [1.54, 1.807) is 6.20 Å². The van der Waals surface area contributed by atoms with Gasteiger partial charge in [0.25, 0.3) is 0 Å². The van der Waals surface area contributed by atoms with Crippen LogP contribution in [0.15, 0.2) is 48.9 Å². The van der Waals surface area contributed by atoms with Crippen molar-refractivity contribution in [2.75, 3.05) is 31.5 Å². The van der Waals surface area contributed by atoms with E-state index in [0.717, 1.165) is 33.5 Å². The zero-order chi connectivity index (χ0) is 26.0. The summed E-state index contributed by atoms with van der Waals surface area (Å²) in [5.74, 6) is 0.313. The molecule has 9 nitrogen and oxygen atoms in total. The van der Waals surface area contributed by atoms with Gasteiger partial charge in [-0.2, -0.15) is 13.2 Å². The number of nitrogens with zero attached hydrogens (tertiary/aromatic N) is 6. The number of hydrogen-bond acceptors (Lipinski definition) is 7. The van der Waals surface area contributed by atoms with Crippen molar-refractivity contribution < 1.29 is 18.0 Å². The van der Waals surface area contributed by atoms with Gasteiger partial charge in [0.05, 0.1) is 16.7 Å². The van der Waals surface area contributed by atoms with Crippen molar-refractivity contribution in [2.24, 2.45) is 0 Å². The molecule has 4 aromatic rings. The molecule has 0 saturated carbocycles. The average Bonchev–Trinajstić information content (AvgIpc) is 3.25. The number of carbonyl (C=O) groups is 1. The lowest BCUT2D eigenvalue weighted by Crippen LogP contribution is -2.49. The first-order chi connectivity index (χ1) is 17.7. The number of amides is 1. The number of imidazole rings is 1. The number of aromatic nitrogens is 5. The number of benzene rings is 1. The molecule has 1 amide bonds. The smallest absolute Gasteiger partial charge is 0.340 e. The Hall–Kier alpha value is -4.06. The van der Waals surface area contributed by atoms with Crippen LogP contribution in [0.1, 0.15) is 17.7 Å². The summed E-state index contributed by atoms with van der Waals surface area (Å²) in [5, 5.41) is 3.23. The number of rotatable bonds is 6. The fourth-order valence-corrected chi connectivity index (χ4v) is 4.40. The van der Waals surface area contributed by atoms with Gasteiger partial charge in [-0.1, -0.05) is 6.07 Å². The molecule has 1 fully saturated rings. The summed E-state index contributed by atoms with van der Waals surface area (Å²) < 4.78 is 37.6. The fourth-order valence-electron chi connectivity index (χ4n) is 4.40. The Morgan fingerprint density at radius 1 is 1.08 bits per heavy atom. The summed E-state index contributed by atoms with van der Waals surface area (Å²) >= 11 is 0. The van der Waals surface area contributed by atoms with Crippen LogP contribution in [0.3, 0.4) is 0 Å². The van der Waals surface area contributed by atoms with Gasteiger partial charge in [0.2, 0.25) is 11.9 Å². The molecule has 12 heteroatoms. The topological polar surface area (TPSA) is 103 Å². The minimum Gasteiger partial charge on any atom is -0.340 e. The number of hydrogen-bond donors (Lipinski definition) is 2. The fraction of sp³-hybridized carbons (Fsp3) is 0.320. The summed E-state index contributed by atoms with van der Waals surface area (Å²) in [7, 11) is 0. The Balaban J connectivity index is 1.24. The van der Waals surface area contributed by atoms with Gasteiger partial charge in [-0.05, 0) is 42.8 Å². The molecule has 3 aromatic heterocycles. The van der Waals surface area contributed by atoms with Crippen molar-refractivity contribution in [3.05, 3.63) is 60.2 Å². The highest BCUT2D eigenvalue weighted by molar-refractivity contribution is 5.83. The number of H-pyrrole nitrogens is 1. The maximum atomic E-state index is 12.5. The van der Waals surface area contributed by atoms with E-state index in [0.29, 0.717) is 31.4 Å². The summed E-state index contributed by atoms with van der Waals surface area (Å²) in [6.07, 6.45) is -2.69. The van der Waals surface area contributed by atoms with Gasteiger partial charge in [0.15, 0.2) is 0 Å². The van der Waals surface area contributed by atoms with Gasteiger partial charge in [-0.15, -0.1) is 0 Å². The molecule has 37 heavy (non-hydrogen) atoms. The normalized spacial score (nSPS) is 14.8. The van der Waals surface area contributed by atoms with Gasteiger partial charge in [-0.25, -0.2) is 19.9 Å². The van der Waals surface area contributed by atoms with Gasteiger partial charge in [0.1, 0.15) is 18.6 Å². The molecule has 0 aliphatic carbocycles. The van der Waals surface area contributed by atoms with E-state index in [1.165, 1.54) is 11.2 Å². The van der Waals surface area contributed by atoms with E-state index in [-0.39, 0.29) is 13.1 Å². The molecule has 0 radical (unpaired) electrons. The highest BCUT2D eigenvalue weighted by Crippen LogP contribution is 2.25. The number of pyridine rings is 1. The van der Waals surface area contributed by atoms with Crippen LogP contribution >= 0.6 is 0 Å². The number of carbonyl (C=O) groups excluding carboxylic acids is 1. The van der Waals surface area contributed by atoms with Crippen molar-refractivity contribution in [3.8, 4) is 11.3 Å². The summed E-state index contributed by atoms with van der Waals surface area (Å²) in [4.78, 5) is 35.9. The monoisotopic (exact) mass is 510 g/mol. The predicted octanol–water partition coefficient (Wildman–Crippen LogP) is 4.06. The molecule has 5 rings (SSSR count). The largest absolute Gasteiger partial charge is 0.397 e. The van der Waals surface area contributed by atoms with Gasteiger partial charge in [-0.3, -0.25) is 9.69 Å². The highest BCUT2D eigenvalue weighted by Gasteiger charge is 2.34. The number of nitrogens with one attached hydrogen (secondary N) is 2. The summed E-state index contributed by atoms with van der Waals surface area (Å²) in [6.45, 7) is 4.06. The number of fused-ring (bicyclic) bond motifs is 1. The standard InChI is InChI=1S/C25H25F3N8O/c1-16-10-17(14-35-6-8-36(9-7-35)23(37)13-25(26,27)28)11-22(31-16)34-24-32-20-3-2-18(12-21(20)33-24)19-4-5-29-15-30-19/h2-5,10-12,15H,6-9,13-14H2,1H3,(H2,31,32,33,34). The van der Waals surface area contributed by atoms with E-state index in [9.17, 15) is 18.0 Å². The highest BCUT2D eigenvalue weighted by atomic mass is 19.4. The van der Waals surface area contributed by atoms with Crippen LogP contribution in [-0.4, -0.2) is 73.0 Å². The molecule has 1 saturated heterocycles. The quantitative estimate of drug-likeness (QED) is 0.403. The SMILES string of the molecule is Cc1cc(CN2CCN(C(=O)CC(F)(F)F)CC2)cc(Nc2nc3ccc(-c4ccncn4)cc3[nH]2)n1. The molecule has 1 aromatic carbocycles. The Morgan fingerprint density at radius 2 is 1.89 bits per heavy atom. The third kappa shape index (κ3) is 6.20. The molecule has 0 atom stereocenters. The number of halogens is 3. The first kappa shape index (κ1) is 24.6. The Bertz CT molecular complexity index is 1400. The number of anilines is 2. The molecule has 0 bridgehead atoms. The lowest BCUT2D eigenvalue weighted by Gasteiger charge is -2.35. The molecule has 0 unspecified atom stereocenters. The van der Waals surface area contributed by atoms with Crippen LogP contribution in [0.25, 0.3) is 22.3 Å². The van der Waals surface area contributed by atoms with Crippen LogP contribution in [0.4, 0.5) is 24.9 Å². The third-order valence-electron chi connectivity index (χ3n) is 6.10. The first-order valence-corrected chi connectivity index (χ1v) is 11.8. The van der Waals surface area contributed by atoms with Crippen molar-refractivity contribution in [1.82, 2.24) is 34.7 Å². The maximum Gasteiger partial charge on any atom is 0.397 e.